The topological polar surface area (TPSA) is 86.2 Å². The normalized spacial score (nSPS) is 10.6. The van der Waals surface area contributed by atoms with Gasteiger partial charge in [-0.15, -0.1) is 0 Å². The number of hydrogen-bond acceptors (Lipinski definition) is 6. The number of nitrogens with zero attached hydrogens (tertiary/aromatic N) is 1. The molecule has 3 aromatic carbocycles. The lowest BCUT2D eigenvalue weighted by Crippen LogP contribution is -2.17. The third kappa shape index (κ3) is 7.48. The fourth-order valence-corrected chi connectivity index (χ4v) is 2.85. The molecule has 0 aliphatic heterocycles. The quantitative estimate of drug-likeness (QED) is 0.183. The molecule has 0 unspecified atom stereocenters. The maximum Gasteiger partial charge on any atom is 0.343 e. The summed E-state index contributed by atoms with van der Waals surface area (Å²) < 4.78 is 16.4. The SMILES string of the molecule is CCCOc1ccc(C(=O)N/N=C/c2ccc(OC(=O)c3ccc(OCCC)cc3)cc2)cc1. The van der Waals surface area contributed by atoms with Crippen molar-refractivity contribution in [3.8, 4) is 17.2 Å². The highest BCUT2D eigenvalue weighted by atomic mass is 16.5. The number of ether oxygens (including phenoxy) is 3. The van der Waals surface area contributed by atoms with Crippen molar-refractivity contribution in [2.24, 2.45) is 5.10 Å². The van der Waals surface area contributed by atoms with Crippen LogP contribution in [0.3, 0.4) is 0 Å². The number of hydrogen-bond donors (Lipinski definition) is 1. The van der Waals surface area contributed by atoms with E-state index in [1.807, 2.05) is 13.8 Å². The molecule has 3 aromatic rings. The van der Waals surface area contributed by atoms with Crippen molar-refractivity contribution in [1.82, 2.24) is 5.43 Å². The summed E-state index contributed by atoms with van der Waals surface area (Å²) >= 11 is 0. The van der Waals surface area contributed by atoms with Crippen LogP contribution < -0.4 is 19.6 Å². The number of hydrazone groups is 1. The van der Waals surface area contributed by atoms with E-state index < -0.39 is 5.97 Å². The Hall–Kier alpha value is -4.13. The molecular formula is C27H28N2O5. The van der Waals surface area contributed by atoms with E-state index in [1.54, 1.807) is 72.8 Å². The van der Waals surface area contributed by atoms with E-state index in [9.17, 15) is 9.59 Å². The zero-order valence-electron chi connectivity index (χ0n) is 19.3. The zero-order chi connectivity index (χ0) is 24.2. The Labute approximate surface area is 199 Å². The average molecular weight is 461 g/mol. The monoisotopic (exact) mass is 460 g/mol. The van der Waals surface area contributed by atoms with Gasteiger partial charge in [0.1, 0.15) is 17.2 Å². The highest BCUT2D eigenvalue weighted by Gasteiger charge is 2.09. The molecule has 0 atom stereocenters. The Bertz CT molecular complexity index is 1090. The first-order valence-electron chi connectivity index (χ1n) is 11.2. The molecule has 0 fully saturated rings. The zero-order valence-corrected chi connectivity index (χ0v) is 19.3. The first-order chi connectivity index (χ1) is 16.6. The van der Waals surface area contributed by atoms with Gasteiger partial charge in [0.15, 0.2) is 0 Å². The van der Waals surface area contributed by atoms with Crippen LogP contribution in [0.5, 0.6) is 17.2 Å². The van der Waals surface area contributed by atoms with E-state index in [1.165, 1.54) is 6.21 Å². The predicted octanol–water partition coefficient (Wildman–Crippen LogP) is 5.25. The standard InChI is InChI=1S/C27H28N2O5/c1-3-17-32-23-13-7-21(8-14-23)26(30)29-28-19-20-5-11-25(12-6-20)34-27(31)22-9-15-24(16-10-22)33-18-4-2/h5-16,19H,3-4,17-18H2,1-2H3,(H,29,30)/b28-19+. The maximum atomic E-state index is 12.3. The fraction of sp³-hybridized carbons (Fsp3) is 0.222. The van der Waals surface area contributed by atoms with Crippen LogP contribution in [0.25, 0.3) is 0 Å². The largest absolute Gasteiger partial charge is 0.494 e. The van der Waals surface area contributed by atoms with Gasteiger partial charge in [0.2, 0.25) is 0 Å². The van der Waals surface area contributed by atoms with Gasteiger partial charge in [-0.25, -0.2) is 10.2 Å². The lowest BCUT2D eigenvalue weighted by molar-refractivity contribution is 0.0734. The van der Waals surface area contributed by atoms with Gasteiger partial charge in [0.25, 0.3) is 5.91 Å². The average Bonchev–Trinajstić information content (AvgIpc) is 2.87. The summed E-state index contributed by atoms with van der Waals surface area (Å²) in [4.78, 5) is 24.5. The molecule has 0 radical (unpaired) electrons. The molecule has 0 aromatic heterocycles. The van der Waals surface area contributed by atoms with Crippen LogP contribution in [0.4, 0.5) is 0 Å². The molecule has 0 aliphatic carbocycles. The molecule has 34 heavy (non-hydrogen) atoms. The first kappa shape index (κ1) is 24.5. The van der Waals surface area contributed by atoms with Gasteiger partial charge in [-0.3, -0.25) is 4.79 Å². The summed E-state index contributed by atoms with van der Waals surface area (Å²) in [7, 11) is 0. The van der Waals surface area contributed by atoms with E-state index >= 15 is 0 Å². The summed E-state index contributed by atoms with van der Waals surface area (Å²) in [5.74, 6) is 1.06. The van der Waals surface area contributed by atoms with Crippen molar-refractivity contribution < 1.29 is 23.8 Å². The molecule has 0 saturated carbocycles. The minimum Gasteiger partial charge on any atom is -0.494 e. The van der Waals surface area contributed by atoms with Gasteiger partial charge in [-0.05, 0) is 91.2 Å². The number of amides is 1. The Morgan fingerprint density at radius 3 is 1.76 bits per heavy atom. The molecule has 7 nitrogen and oxygen atoms in total. The molecule has 1 N–H and O–H groups in total. The van der Waals surface area contributed by atoms with Crippen LogP contribution in [0, 0.1) is 0 Å². The molecule has 0 spiro atoms. The van der Waals surface area contributed by atoms with Crippen molar-refractivity contribution in [2.45, 2.75) is 26.7 Å². The van der Waals surface area contributed by atoms with Crippen LogP contribution in [-0.2, 0) is 0 Å². The van der Waals surface area contributed by atoms with Crippen LogP contribution in [-0.4, -0.2) is 31.3 Å². The predicted molar refractivity (Wildman–Crippen MR) is 131 cm³/mol. The summed E-state index contributed by atoms with van der Waals surface area (Å²) in [6.45, 7) is 5.33. The number of rotatable bonds is 11. The number of nitrogens with one attached hydrogen (secondary N) is 1. The molecule has 0 bridgehead atoms. The van der Waals surface area contributed by atoms with Crippen LogP contribution in [0.2, 0.25) is 0 Å². The Kier molecular flexibility index (Phi) is 9.22. The first-order valence-corrected chi connectivity index (χ1v) is 11.2. The van der Waals surface area contributed by atoms with Crippen LogP contribution in [0.15, 0.2) is 77.9 Å². The molecule has 0 heterocycles. The van der Waals surface area contributed by atoms with Crippen molar-refractivity contribution in [2.75, 3.05) is 13.2 Å². The fourth-order valence-electron chi connectivity index (χ4n) is 2.85. The second kappa shape index (κ2) is 12.8. The molecule has 176 valence electrons. The Morgan fingerprint density at radius 2 is 1.24 bits per heavy atom. The second-order valence-electron chi connectivity index (χ2n) is 7.40. The van der Waals surface area contributed by atoms with E-state index in [-0.39, 0.29) is 5.91 Å². The van der Waals surface area contributed by atoms with Crippen molar-refractivity contribution in [3.05, 3.63) is 89.5 Å². The lowest BCUT2D eigenvalue weighted by atomic mass is 10.2. The van der Waals surface area contributed by atoms with E-state index in [2.05, 4.69) is 10.5 Å². The van der Waals surface area contributed by atoms with Gasteiger partial charge in [0.05, 0.1) is 25.0 Å². The molecular weight excluding hydrogens is 432 g/mol. The molecule has 7 heteroatoms. The van der Waals surface area contributed by atoms with Crippen LogP contribution >= 0.6 is 0 Å². The van der Waals surface area contributed by atoms with Gasteiger partial charge in [0, 0.05) is 5.56 Å². The second-order valence-corrected chi connectivity index (χ2v) is 7.40. The van der Waals surface area contributed by atoms with Crippen molar-refractivity contribution >= 4 is 18.1 Å². The van der Waals surface area contributed by atoms with Crippen molar-refractivity contribution in [1.29, 1.82) is 0 Å². The minimum absolute atomic E-state index is 0.324. The van der Waals surface area contributed by atoms with Gasteiger partial charge >= 0.3 is 5.97 Å². The summed E-state index contributed by atoms with van der Waals surface area (Å²) in [6.07, 6.45) is 3.35. The highest BCUT2D eigenvalue weighted by molar-refractivity contribution is 5.95. The third-order valence-electron chi connectivity index (χ3n) is 4.62. The highest BCUT2D eigenvalue weighted by Crippen LogP contribution is 2.17. The summed E-state index contributed by atoms with van der Waals surface area (Å²) in [5, 5.41) is 3.98. The van der Waals surface area contributed by atoms with Crippen molar-refractivity contribution in [3.63, 3.8) is 0 Å². The lowest BCUT2D eigenvalue weighted by Gasteiger charge is -2.07. The van der Waals surface area contributed by atoms with Gasteiger partial charge < -0.3 is 14.2 Å². The Morgan fingerprint density at radius 1 is 0.735 bits per heavy atom. The molecule has 1 amide bonds. The Balaban J connectivity index is 1.49. The number of carbonyl (C=O) groups excluding carboxylic acids is 2. The van der Waals surface area contributed by atoms with Gasteiger partial charge in [-0.1, -0.05) is 13.8 Å². The number of esters is 1. The minimum atomic E-state index is -0.457. The van der Waals surface area contributed by atoms with Gasteiger partial charge in [-0.2, -0.15) is 5.10 Å². The maximum absolute atomic E-state index is 12.3. The number of benzene rings is 3. The van der Waals surface area contributed by atoms with Crippen LogP contribution in [0.1, 0.15) is 53.0 Å². The van der Waals surface area contributed by atoms with E-state index in [0.29, 0.717) is 35.8 Å². The summed E-state index contributed by atoms with van der Waals surface area (Å²) in [6, 6.07) is 20.5. The summed E-state index contributed by atoms with van der Waals surface area (Å²) in [5.41, 5.74) is 4.14. The van der Waals surface area contributed by atoms with E-state index in [0.717, 1.165) is 24.2 Å². The molecule has 0 aliphatic rings. The molecule has 0 saturated heterocycles. The smallest absolute Gasteiger partial charge is 0.343 e. The third-order valence-corrected chi connectivity index (χ3v) is 4.62. The van der Waals surface area contributed by atoms with E-state index in [4.69, 9.17) is 14.2 Å². The number of carbonyl (C=O) groups is 2. The molecule has 3 rings (SSSR count).